The molecule has 1 N–H and O–H groups in total. The summed E-state index contributed by atoms with van der Waals surface area (Å²) in [5.41, 5.74) is 1.99. The predicted molar refractivity (Wildman–Crippen MR) is 122 cm³/mol. The van der Waals surface area contributed by atoms with Gasteiger partial charge in [0.2, 0.25) is 5.88 Å². The molecule has 2 aliphatic heterocycles. The van der Waals surface area contributed by atoms with Gasteiger partial charge in [-0.3, -0.25) is 0 Å². The van der Waals surface area contributed by atoms with E-state index in [1.165, 1.54) is 0 Å². The molecule has 3 aromatic heterocycles. The van der Waals surface area contributed by atoms with Crippen LogP contribution >= 0.6 is 0 Å². The summed E-state index contributed by atoms with van der Waals surface area (Å²) in [7, 11) is -3.23. The second-order valence-corrected chi connectivity index (χ2v) is 10.6. The van der Waals surface area contributed by atoms with Gasteiger partial charge in [-0.1, -0.05) is 0 Å². The van der Waals surface area contributed by atoms with Gasteiger partial charge in [0, 0.05) is 35.8 Å². The molecule has 2 fully saturated rings. The number of rotatable bonds is 5. The number of H-pyrrole nitrogens is 1. The first-order valence-electron chi connectivity index (χ1n) is 11.0. The minimum atomic E-state index is -3.23. The molecule has 3 aromatic rings. The first kappa shape index (κ1) is 21.1. The second kappa shape index (κ2) is 8.32. The summed E-state index contributed by atoms with van der Waals surface area (Å²) in [5.74, 6) is 1.88. The number of aromatic nitrogens is 4. The van der Waals surface area contributed by atoms with Gasteiger partial charge in [0.1, 0.15) is 16.7 Å². The molecule has 5 heterocycles. The number of morpholine rings is 1. The van der Waals surface area contributed by atoms with Gasteiger partial charge in [-0.25, -0.2) is 18.4 Å². The van der Waals surface area contributed by atoms with E-state index in [4.69, 9.17) is 19.4 Å². The lowest BCUT2D eigenvalue weighted by Gasteiger charge is -2.34. The van der Waals surface area contributed by atoms with E-state index in [1.807, 2.05) is 31.3 Å². The summed E-state index contributed by atoms with van der Waals surface area (Å²) >= 11 is 0. The highest BCUT2D eigenvalue weighted by Gasteiger charge is 2.35. The number of nitrogens with zero attached hydrogens (tertiary/aromatic N) is 4. The smallest absolute Gasteiger partial charge is 0.215 e. The Morgan fingerprint density at radius 2 is 2.16 bits per heavy atom. The zero-order chi connectivity index (χ0) is 22.3. The van der Waals surface area contributed by atoms with Crippen LogP contribution in [0.15, 0.2) is 24.4 Å². The van der Waals surface area contributed by atoms with Gasteiger partial charge in [-0.05, 0) is 32.8 Å². The highest BCUT2D eigenvalue weighted by molar-refractivity contribution is 7.91. The summed E-state index contributed by atoms with van der Waals surface area (Å²) in [4.78, 5) is 19.5. The molecule has 2 saturated heterocycles. The van der Waals surface area contributed by atoms with Crippen LogP contribution in [0.25, 0.3) is 22.4 Å². The zero-order valence-electron chi connectivity index (χ0n) is 18.2. The molecule has 0 radical (unpaired) electrons. The van der Waals surface area contributed by atoms with Gasteiger partial charge in [-0.15, -0.1) is 0 Å². The molecule has 0 aromatic carbocycles. The summed E-state index contributed by atoms with van der Waals surface area (Å²) in [6.07, 6.45) is 3.05. The number of ether oxygens (including phenoxy) is 2. The molecular formula is C22H27N5O4S. The fraction of sp³-hybridized carbons (Fsp3) is 0.500. The number of fused-ring (bicyclic) bond motifs is 1. The van der Waals surface area contributed by atoms with Crippen LogP contribution in [0.4, 0.5) is 5.82 Å². The number of hydrogen-bond acceptors (Lipinski definition) is 8. The SMILES string of the molecule is CCOc1cc(-c2nc([C@@H]3CCCS3(=O)=O)cc(N3CCOC[C@H]3C)n2)c2cc[nH]c2n1. The molecule has 5 rings (SSSR count). The number of hydrogen-bond donors (Lipinski definition) is 1. The van der Waals surface area contributed by atoms with Crippen molar-refractivity contribution in [3.63, 3.8) is 0 Å². The predicted octanol–water partition coefficient (Wildman–Crippen LogP) is 2.89. The number of sulfone groups is 1. The molecule has 0 saturated carbocycles. The lowest BCUT2D eigenvalue weighted by molar-refractivity contribution is 0.0985. The normalized spacial score (nSPS) is 23.0. The lowest BCUT2D eigenvalue weighted by Crippen LogP contribution is -2.44. The van der Waals surface area contributed by atoms with E-state index in [-0.39, 0.29) is 11.8 Å². The van der Waals surface area contributed by atoms with E-state index in [2.05, 4.69) is 21.8 Å². The van der Waals surface area contributed by atoms with Gasteiger partial charge in [0.25, 0.3) is 0 Å². The van der Waals surface area contributed by atoms with Crippen LogP contribution in [0.3, 0.4) is 0 Å². The van der Waals surface area contributed by atoms with Crippen molar-refractivity contribution in [2.45, 2.75) is 38.0 Å². The quantitative estimate of drug-likeness (QED) is 0.623. The molecular weight excluding hydrogens is 430 g/mol. The average Bonchev–Trinajstić information content (AvgIpc) is 3.39. The summed E-state index contributed by atoms with van der Waals surface area (Å²) in [5, 5.41) is 0.259. The summed E-state index contributed by atoms with van der Waals surface area (Å²) in [6.45, 7) is 6.36. The lowest BCUT2D eigenvalue weighted by atomic mass is 10.1. The van der Waals surface area contributed by atoms with Gasteiger partial charge in [0.15, 0.2) is 15.7 Å². The standard InChI is InChI=1S/C22H27N5O4S/c1-3-31-20-11-16(15-6-7-23-21(15)26-20)22-24-17(18-5-4-10-32(18,28)29)12-19(25-22)27-8-9-30-13-14(27)2/h6-7,11-12,14,18H,3-5,8-10,13H2,1-2H3,(H,23,26)/t14-,18+/m1/s1. The number of aromatic amines is 1. The Balaban J connectivity index is 1.70. The summed E-state index contributed by atoms with van der Waals surface area (Å²) < 4.78 is 36.7. The van der Waals surface area contributed by atoms with E-state index in [1.54, 1.807) is 0 Å². The molecule has 0 aliphatic carbocycles. The third-order valence-electron chi connectivity index (χ3n) is 6.09. The largest absolute Gasteiger partial charge is 0.478 e. The molecule has 2 aliphatic rings. The van der Waals surface area contributed by atoms with Gasteiger partial charge in [0.05, 0.1) is 37.3 Å². The van der Waals surface area contributed by atoms with E-state index in [0.29, 0.717) is 62.3 Å². The van der Waals surface area contributed by atoms with E-state index in [9.17, 15) is 8.42 Å². The van der Waals surface area contributed by atoms with Crippen molar-refractivity contribution >= 4 is 26.7 Å². The average molecular weight is 458 g/mol. The Hall–Kier alpha value is -2.72. The fourth-order valence-corrected chi connectivity index (χ4v) is 6.37. The van der Waals surface area contributed by atoms with Crippen LogP contribution in [0.5, 0.6) is 5.88 Å². The molecule has 32 heavy (non-hydrogen) atoms. The van der Waals surface area contributed by atoms with E-state index in [0.717, 1.165) is 16.8 Å². The third-order valence-corrected chi connectivity index (χ3v) is 8.29. The van der Waals surface area contributed by atoms with E-state index >= 15 is 0 Å². The topological polar surface area (TPSA) is 110 Å². The number of pyridine rings is 1. The monoisotopic (exact) mass is 457 g/mol. The van der Waals surface area contributed by atoms with Crippen LogP contribution in [0, 0.1) is 0 Å². The fourth-order valence-electron chi connectivity index (χ4n) is 4.50. The first-order valence-corrected chi connectivity index (χ1v) is 12.7. The van der Waals surface area contributed by atoms with Crippen LogP contribution < -0.4 is 9.64 Å². The molecule has 10 heteroatoms. The second-order valence-electron chi connectivity index (χ2n) is 8.27. The van der Waals surface area contributed by atoms with Gasteiger partial charge >= 0.3 is 0 Å². The molecule has 170 valence electrons. The Labute approximate surface area is 187 Å². The van der Waals surface area contributed by atoms with E-state index < -0.39 is 15.1 Å². The van der Waals surface area contributed by atoms with Crippen LogP contribution in [-0.2, 0) is 14.6 Å². The van der Waals surface area contributed by atoms with Crippen LogP contribution in [0.1, 0.15) is 37.6 Å². The highest BCUT2D eigenvalue weighted by atomic mass is 32.2. The van der Waals surface area contributed by atoms with Crippen molar-refractivity contribution in [2.24, 2.45) is 0 Å². The third kappa shape index (κ3) is 3.81. The minimum Gasteiger partial charge on any atom is -0.478 e. The Morgan fingerprint density at radius 3 is 2.91 bits per heavy atom. The first-order chi connectivity index (χ1) is 15.5. The van der Waals surface area contributed by atoms with Crippen molar-refractivity contribution < 1.29 is 17.9 Å². The van der Waals surface area contributed by atoms with Crippen molar-refractivity contribution in [3.05, 3.63) is 30.1 Å². The molecule has 2 atom stereocenters. The van der Waals surface area contributed by atoms with Crippen molar-refractivity contribution in [2.75, 3.05) is 37.0 Å². The molecule has 9 nitrogen and oxygen atoms in total. The molecule has 0 amide bonds. The Bertz CT molecular complexity index is 1240. The molecule has 0 spiro atoms. The maximum atomic E-state index is 12.7. The van der Waals surface area contributed by atoms with Gasteiger partial charge in [-0.2, -0.15) is 4.98 Å². The minimum absolute atomic E-state index is 0.128. The molecule has 0 unspecified atom stereocenters. The number of anilines is 1. The summed E-state index contributed by atoms with van der Waals surface area (Å²) in [6, 6.07) is 5.72. The Morgan fingerprint density at radius 1 is 1.28 bits per heavy atom. The van der Waals surface area contributed by atoms with Crippen molar-refractivity contribution in [3.8, 4) is 17.3 Å². The number of nitrogens with one attached hydrogen (secondary N) is 1. The maximum absolute atomic E-state index is 12.7. The van der Waals surface area contributed by atoms with Crippen LogP contribution in [-0.4, -0.2) is 66.5 Å². The van der Waals surface area contributed by atoms with Crippen molar-refractivity contribution in [1.29, 1.82) is 0 Å². The molecule has 0 bridgehead atoms. The van der Waals surface area contributed by atoms with Gasteiger partial charge < -0.3 is 19.4 Å². The van der Waals surface area contributed by atoms with Crippen LogP contribution in [0.2, 0.25) is 0 Å². The van der Waals surface area contributed by atoms with Crippen molar-refractivity contribution in [1.82, 2.24) is 19.9 Å². The Kier molecular flexibility index (Phi) is 5.50. The zero-order valence-corrected chi connectivity index (χ0v) is 19.1. The highest BCUT2D eigenvalue weighted by Crippen LogP contribution is 2.37. The maximum Gasteiger partial charge on any atom is 0.215 e.